The van der Waals surface area contributed by atoms with E-state index in [1.165, 1.54) is 11.3 Å². The van der Waals surface area contributed by atoms with Gasteiger partial charge in [-0.2, -0.15) is 5.10 Å². The van der Waals surface area contributed by atoms with Crippen molar-refractivity contribution in [1.82, 2.24) is 20.2 Å². The SMILES string of the molecule is CC(=O)c1ccc(-c2cccc3[nH]c(-c4n[nH]c5ccc(-c6cncc(NC(=O)C(C)(C)C)c6)cc45)cc23)s1. The highest BCUT2D eigenvalue weighted by molar-refractivity contribution is 7.17. The summed E-state index contributed by atoms with van der Waals surface area (Å²) in [7, 11) is 0. The number of H-pyrrole nitrogens is 2. The molecule has 7 nitrogen and oxygen atoms in total. The normalized spacial score (nSPS) is 11.8. The van der Waals surface area contributed by atoms with Crippen LogP contribution in [0.5, 0.6) is 0 Å². The summed E-state index contributed by atoms with van der Waals surface area (Å²) in [6.45, 7) is 7.23. The van der Waals surface area contributed by atoms with Crippen molar-refractivity contribution in [3.05, 3.63) is 77.9 Å². The third-order valence-electron chi connectivity index (χ3n) is 6.71. The number of rotatable bonds is 5. The fourth-order valence-corrected chi connectivity index (χ4v) is 5.49. The number of aromatic amines is 2. The Balaban J connectivity index is 1.39. The highest BCUT2D eigenvalue weighted by Gasteiger charge is 2.21. The number of carbonyl (C=O) groups is 2. The zero-order chi connectivity index (χ0) is 27.3. The van der Waals surface area contributed by atoms with E-state index in [0.29, 0.717) is 5.69 Å². The summed E-state index contributed by atoms with van der Waals surface area (Å²) in [4.78, 5) is 34.0. The van der Waals surface area contributed by atoms with Crippen LogP contribution in [0.1, 0.15) is 37.4 Å². The lowest BCUT2D eigenvalue weighted by Gasteiger charge is -2.17. The van der Waals surface area contributed by atoms with Crippen molar-refractivity contribution in [3.63, 3.8) is 0 Å². The van der Waals surface area contributed by atoms with Gasteiger partial charge in [0, 0.05) is 43.9 Å². The van der Waals surface area contributed by atoms with Crippen LogP contribution >= 0.6 is 11.3 Å². The van der Waals surface area contributed by atoms with Crippen LogP contribution in [0.15, 0.2) is 73.1 Å². The molecule has 0 radical (unpaired) electrons. The number of ketones is 1. The molecule has 0 unspecified atom stereocenters. The minimum Gasteiger partial charge on any atom is -0.353 e. The van der Waals surface area contributed by atoms with E-state index in [1.807, 2.05) is 63.2 Å². The van der Waals surface area contributed by atoms with E-state index in [4.69, 9.17) is 0 Å². The van der Waals surface area contributed by atoms with Crippen LogP contribution in [0.3, 0.4) is 0 Å². The summed E-state index contributed by atoms with van der Waals surface area (Å²) in [5.41, 5.74) is 6.73. The molecular weight excluding hydrogens is 506 g/mol. The van der Waals surface area contributed by atoms with Gasteiger partial charge in [-0.15, -0.1) is 11.3 Å². The monoisotopic (exact) mass is 533 g/mol. The second kappa shape index (κ2) is 9.32. The molecule has 0 aliphatic rings. The van der Waals surface area contributed by atoms with Gasteiger partial charge in [-0.3, -0.25) is 19.7 Å². The lowest BCUT2D eigenvalue weighted by atomic mass is 9.95. The minimum absolute atomic E-state index is 0.0627. The number of thiophene rings is 1. The molecular formula is C31H27N5O2S. The molecule has 0 aliphatic heterocycles. The number of aromatic nitrogens is 4. The van der Waals surface area contributed by atoms with Crippen molar-refractivity contribution in [2.75, 3.05) is 5.32 Å². The molecule has 194 valence electrons. The predicted molar refractivity (Wildman–Crippen MR) is 158 cm³/mol. The quantitative estimate of drug-likeness (QED) is 0.198. The van der Waals surface area contributed by atoms with Crippen molar-refractivity contribution in [2.45, 2.75) is 27.7 Å². The maximum absolute atomic E-state index is 12.5. The lowest BCUT2D eigenvalue weighted by Crippen LogP contribution is -2.27. The Morgan fingerprint density at radius 3 is 2.51 bits per heavy atom. The second-order valence-electron chi connectivity index (χ2n) is 10.7. The van der Waals surface area contributed by atoms with Crippen LogP contribution in [0.4, 0.5) is 5.69 Å². The van der Waals surface area contributed by atoms with E-state index < -0.39 is 5.41 Å². The number of carbonyl (C=O) groups excluding carboxylic acids is 2. The van der Waals surface area contributed by atoms with Crippen molar-refractivity contribution < 1.29 is 9.59 Å². The number of amides is 1. The third kappa shape index (κ3) is 4.64. The van der Waals surface area contributed by atoms with Gasteiger partial charge in [0.15, 0.2) is 5.78 Å². The van der Waals surface area contributed by atoms with E-state index in [1.54, 1.807) is 19.3 Å². The van der Waals surface area contributed by atoms with E-state index in [0.717, 1.165) is 59.6 Å². The Morgan fingerprint density at radius 1 is 0.897 bits per heavy atom. The molecule has 0 saturated carbocycles. The summed E-state index contributed by atoms with van der Waals surface area (Å²) in [5, 5.41) is 12.8. The van der Waals surface area contributed by atoms with Crippen molar-refractivity contribution in [3.8, 4) is 33.0 Å². The molecule has 0 bridgehead atoms. The lowest BCUT2D eigenvalue weighted by molar-refractivity contribution is -0.123. The van der Waals surface area contributed by atoms with E-state index >= 15 is 0 Å². The largest absolute Gasteiger partial charge is 0.353 e. The average Bonchev–Trinajstić information content (AvgIpc) is 3.65. The predicted octanol–water partition coefficient (Wildman–Crippen LogP) is 7.69. The summed E-state index contributed by atoms with van der Waals surface area (Å²) in [6.07, 6.45) is 3.45. The number of fused-ring (bicyclic) bond motifs is 2. The Labute approximate surface area is 229 Å². The molecule has 0 atom stereocenters. The fourth-order valence-electron chi connectivity index (χ4n) is 4.55. The zero-order valence-electron chi connectivity index (χ0n) is 22.0. The maximum Gasteiger partial charge on any atom is 0.229 e. The molecule has 0 aliphatic carbocycles. The minimum atomic E-state index is -0.501. The topological polar surface area (TPSA) is 104 Å². The van der Waals surface area contributed by atoms with Gasteiger partial charge in [-0.25, -0.2) is 0 Å². The van der Waals surface area contributed by atoms with Gasteiger partial charge < -0.3 is 10.3 Å². The number of pyridine rings is 1. The Bertz CT molecular complexity index is 1890. The van der Waals surface area contributed by atoms with Crippen LogP contribution < -0.4 is 5.32 Å². The maximum atomic E-state index is 12.5. The van der Waals surface area contributed by atoms with Gasteiger partial charge >= 0.3 is 0 Å². The summed E-state index contributed by atoms with van der Waals surface area (Å²) in [6, 6.07) is 20.2. The molecule has 3 N–H and O–H groups in total. The first-order valence-electron chi connectivity index (χ1n) is 12.7. The first-order chi connectivity index (χ1) is 18.7. The standard InChI is InChI=1S/C31H27N5O2S/c1-17(37)27-10-11-28(39-27)21-6-5-7-24-22(21)14-26(34-24)29-23-13-18(8-9-25(23)35-36-29)19-12-20(16-32-15-19)33-30(38)31(2,3)4/h5-16,34H,1-4H3,(H,33,38)(H,35,36). The van der Waals surface area contributed by atoms with Gasteiger partial charge in [-0.1, -0.05) is 39.0 Å². The van der Waals surface area contributed by atoms with E-state index in [2.05, 4.69) is 43.7 Å². The average molecular weight is 534 g/mol. The van der Waals surface area contributed by atoms with Gasteiger partial charge in [0.05, 0.1) is 28.0 Å². The number of Topliss-reactive ketones (excluding diaryl/α,β-unsaturated/α-hetero) is 1. The Kier molecular flexibility index (Phi) is 5.92. The first kappa shape index (κ1) is 24.8. The smallest absolute Gasteiger partial charge is 0.229 e. The number of nitrogens with zero attached hydrogens (tertiary/aromatic N) is 2. The third-order valence-corrected chi connectivity index (χ3v) is 7.93. The Hall–Kier alpha value is -4.56. The molecule has 1 amide bonds. The zero-order valence-corrected chi connectivity index (χ0v) is 22.9. The Morgan fingerprint density at radius 2 is 1.74 bits per heavy atom. The van der Waals surface area contributed by atoms with Crippen LogP contribution in [0.25, 0.3) is 54.8 Å². The van der Waals surface area contributed by atoms with E-state index in [9.17, 15) is 9.59 Å². The first-order valence-corrected chi connectivity index (χ1v) is 13.5. The van der Waals surface area contributed by atoms with Gasteiger partial charge in [0.2, 0.25) is 5.91 Å². The van der Waals surface area contributed by atoms with Gasteiger partial charge in [0.1, 0.15) is 5.69 Å². The van der Waals surface area contributed by atoms with Crippen LogP contribution in [-0.4, -0.2) is 31.9 Å². The molecule has 6 rings (SSSR count). The molecule has 0 fully saturated rings. The molecule has 4 heterocycles. The van der Waals surface area contributed by atoms with Crippen LogP contribution in [-0.2, 0) is 4.79 Å². The summed E-state index contributed by atoms with van der Waals surface area (Å²) < 4.78 is 0. The highest BCUT2D eigenvalue weighted by Crippen LogP contribution is 2.37. The second-order valence-corrected chi connectivity index (χ2v) is 11.8. The highest BCUT2D eigenvalue weighted by atomic mass is 32.1. The number of nitrogens with one attached hydrogen (secondary N) is 3. The molecule has 4 aromatic heterocycles. The van der Waals surface area contributed by atoms with Gasteiger partial charge in [-0.05, 0) is 55.0 Å². The number of anilines is 1. The molecule has 0 saturated heterocycles. The number of benzene rings is 2. The molecule has 2 aromatic carbocycles. The molecule has 0 spiro atoms. The van der Waals surface area contributed by atoms with Crippen molar-refractivity contribution >= 4 is 50.5 Å². The van der Waals surface area contributed by atoms with Crippen molar-refractivity contribution in [2.24, 2.45) is 5.41 Å². The number of hydrogen-bond donors (Lipinski definition) is 3. The van der Waals surface area contributed by atoms with E-state index in [-0.39, 0.29) is 11.7 Å². The summed E-state index contributed by atoms with van der Waals surface area (Å²) in [5.74, 6) is 0.0107. The summed E-state index contributed by atoms with van der Waals surface area (Å²) >= 11 is 1.51. The number of hydrogen-bond acceptors (Lipinski definition) is 5. The van der Waals surface area contributed by atoms with Crippen LogP contribution in [0, 0.1) is 5.41 Å². The molecule has 6 aromatic rings. The van der Waals surface area contributed by atoms with Crippen LogP contribution in [0.2, 0.25) is 0 Å². The molecule has 39 heavy (non-hydrogen) atoms. The van der Waals surface area contributed by atoms with Gasteiger partial charge in [0.25, 0.3) is 0 Å². The van der Waals surface area contributed by atoms with Crippen molar-refractivity contribution in [1.29, 1.82) is 0 Å². The molecule has 8 heteroatoms. The fraction of sp³-hybridized carbons (Fsp3) is 0.161.